The summed E-state index contributed by atoms with van der Waals surface area (Å²) in [4.78, 5) is 19.7. The van der Waals surface area contributed by atoms with Gasteiger partial charge in [0.1, 0.15) is 11.4 Å². The third-order valence-corrected chi connectivity index (χ3v) is 3.66. The van der Waals surface area contributed by atoms with E-state index in [2.05, 4.69) is 35.6 Å². The van der Waals surface area contributed by atoms with Crippen molar-refractivity contribution >= 4 is 17.6 Å². The molecule has 30 heavy (non-hydrogen) atoms. The molecule has 0 radical (unpaired) electrons. The Labute approximate surface area is 170 Å². The molecule has 7 nitrogen and oxygen atoms in total. The van der Waals surface area contributed by atoms with Gasteiger partial charge in [-0.05, 0) is 23.6 Å². The first kappa shape index (κ1) is 21.3. The van der Waals surface area contributed by atoms with Crippen LogP contribution >= 0.6 is 0 Å². The first-order valence-corrected chi connectivity index (χ1v) is 8.93. The van der Waals surface area contributed by atoms with Crippen LogP contribution in [0.15, 0.2) is 36.5 Å². The smallest absolute Gasteiger partial charge is 0.354 e. The number of hydrogen-bond acceptors (Lipinski definition) is 7. The molecule has 0 aliphatic rings. The largest absolute Gasteiger partial charge is 0.433 e. The van der Waals surface area contributed by atoms with Crippen LogP contribution in [0, 0.1) is 11.4 Å². The van der Waals surface area contributed by atoms with Gasteiger partial charge in [0, 0.05) is 24.5 Å². The van der Waals surface area contributed by atoms with E-state index in [-0.39, 0.29) is 28.8 Å². The van der Waals surface area contributed by atoms with Crippen LogP contribution in [0.2, 0.25) is 0 Å². The minimum absolute atomic E-state index is 0.0150. The number of aromatic nitrogens is 5. The van der Waals surface area contributed by atoms with Gasteiger partial charge in [-0.2, -0.15) is 32.5 Å². The lowest BCUT2D eigenvalue weighted by Gasteiger charge is -2.19. The molecule has 3 rings (SSSR count). The molecular formula is C19H19F4N7. The Morgan fingerprint density at radius 1 is 0.933 bits per heavy atom. The van der Waals surface area contributed by atoms with Crippen molar-refractivity contribution in [3.63, 3.8) is 0 Å². The number of rotatable bonds is 5. The number of alkyl halides is 3. The highest BCUT2D eigenvalue weighted by Gasteiger charge is 2.32. The van der Waals surface area contributed by atoms with Crippen molar-refractivity contribution in [2.45, 2.75) is 26.9 Å². The fourth-order valence-electron chi connectivity index (χ4n) is 2.30. The Hall–Kier alpha value is -3.37. The van der Waals surface area contributed by atoms with E-state index in [1.807, 2.05) is 20.8 Å². The van der Waals surface area contributed by atoms with Crippen LogP contribution in [0.5, 0.6) is 0 Å². The lowest BCUT2D eigenvalue weighted by atomic mass is 9.97. The molecule has 0 unspecified atom stereocenters. The van der Waals surface area contributed by atoms with Gasteiger partial charge in [0.2, 0.25) is 17.8 Å². The fourth-order valence-corrected chi connectivity index (χ4v) is 2.30. The van der Waals surface area contributed by atoms with Crippen molar-refractivity contribution in [1.82, 2.24) is 24.9 Å². The Kier molecular flexibility index (Phi) is 5.81. The molecule has 3 aromatic heterocycles. The highest BCUT2D eigenvalue weighted by Crippen LogP contribution is 2.29. The van der Waals surface area contributed by atoms with Gasteiger partial charge in [-0.1, -0.05) is 26.8 Å². The summed E-state index contributed by atoms with van der Waals surface area (Å²) in [5.74, 6) is -0.614. The van der Waals surface area contributed by atoms with E-state index in [9.17, 15) is 17.6 Å². The molecular weight excluding hydrogens is 402 g/mol. The van der Waals surface area contributed by atoms with Gasteiger partial charge in [-0.25, -0.2) is 9.97 Å². The van der Waals surface area contributed by atoms with Gasteiger partial charge >= 0.3 is 6.18 Å². The van der Waals surface area contributed by atoms with Crippen molar-refractivity contribution in [3.8, 4) is 11.5 Å². The standard InChI is InChI=1S/C19H19F4N7/c1-18(2,3)10-25-16-28-15(12-5-4-6-13(27-12)19(21,22)23)29-17(30-16)26-11-7-8-24-14(20)9-11/h4-9H,10H2,1-3H3,(H2,24,25,26,28,29,30). The quantitative estimate of drug-likeness (QED) is 0.456. The second-order valence-electron chi connectivity index (χ2n) is 7.62. The maximum absolute atomic E-state index is 13.4. The molecule has 0 aromatic carbocycles. The van der Waals surface area contributed by atoms with Crippen LogP contribution in [-0.4, -0.2) is 31.5 Å². The SMILES string of the molecule is CC(C)(C)CNc1nc(Nc2ccnc(F)c2)nc(-c2cccc(C(F)(F)F)n2)n1. The zero-order valence-corrected chi connectivity index (χ0v) is 16.4. The number of halogens is 4. The first-order valence-electron chi connectivity index (χ1n) is 8.93. The molecule has 2 N–H and O–H groups in total. The topological polar surface area (TPSA) is 88.5 Å². The van der Waals surface area contributed by atoms with E-state index in [0.717, 1.165) is 12.1 Å². The Morgan fingerprint density at radius 2 is 1.67 bits per heavy atom. The summed E-state index contributed by atoms with van der Waals surface area (Å²) in [6.45, 7) is 6.48. The lowest BCUT2D eigenvalue weighted by Crippen LogP contribution is -2.21. The molecule has 3 heterocycles. The molecule has 0 bridgehead atoms. The highest BCUT2D eigenvalue weighted by atomic mass is 19.4. The molecule has 0 aliphatic carbocycles. The summed E-state index contributed by atoms with van der Waals surface area (Å²) < 4.78 is 52.5. The third-order valence-electron chi connectivity index (χ3n) is 3.66. The molecule has 0 saturated carbocycles. The monoisotopic (exact) mass is 421 g/mol. The second-order valence-corrected chi connectivity index (χ2v) is 7.62. The Morgan fingerprint density at radius 3 is 2.33 bits per heavy atom. The molecule has 0 saturated heterocycles. The predicted molar refractivity (Wildman–Crippen MR) is 103 cm³/mol. The predicted octanol–water partition coefficient (Wildman–Crippen LogP) is 4.69. The molecule has 0 aliphatic heterocycles. The van der Waals surface area contributed by atoms with Crippen LogP contribution in [0.25, 0.3) is 11.5 Å². The van der Waals surface area contributed by atoms with Crippen molar-refractivity contribution in [3.05, 3.63) is 48.2 Å². The molecule has 0 fully saturated rings. The molecule has 158 valence electrons. The molecule has 0 spiro atoms. The van der Waals surface area contributed by atoms with Crippen molar-refractivity contribution in [2.24, 2.45) is 5.41 Å². The summed E-state index contributed by atoms with van der Waals surface area (Å²) in [6, 6.07) is 6.09. The molecule has 3 aromatic rings. The zero-order chi connectivity index (χ0) is 21.9. The number of nitrogens with zero attached hydrogens (tertiary/aromatic N) is 5. The van der Waals surface area contributed by atoms with Gasteiger partial charge < -0.3 is 10.6 Å². The van der Waals surface area contributed by atoms with Gasteiger partial charge in [0.05, 0.1) is 0 Å². The molecule has 11 heteroatoms. The maximum atomic E-state index is 13.4. The average molecular weight is 421 g/mol. The average Bonchev–Trinajstić information content (AvgIpc) is 2.65. The summed E-state index contributed by atoms with van der Waals surface area (Å²) in [6.07, 6.45) is -3.35. The normalized spacial score (nSPS) is 12.0. The van der Waals surface area contributed by atoms with E-state index in [1.54, 1.807) is 0 Å². The zero-order valence-electron chi connectivity index (χ0n) is 16.4. The number of hydrogen-bond donors (Lipinski definition) is 2. The van der Waals surface area contributed by atoms with Gasteiger partial charge in [-0.15, -0.1) is 0 Å². The van der Waals surface area contributed by atoms with Crippen LogP contribution in [0.4, 0.5) is 35.1 Å². The molecule has 0 amide bonds. The summed E-state index contributed by atoms with van der Waals surface area (Å²) in [5, 5.41) is 5.84. The van der Waals surface area contributed by atoms with Gasteiger partial charge in [0.25, 0.3) is 0 Å². The van der Waals surface area contributed by atoms with E-state index in [0.29, 0.717) is 12.2 Å². The van der Waals surface area contributed by atoms with Crippen molar-refractivity contribution in [2.75, 3.05) is 17.2 Å². The minimum Gasteiger partial charge on any atom is -0.354 e. The van der Waals surface area contributed by atoms with Crippen LogP contribution in [0.1, 0.15) is 26.5 Å². The summed E-state index contributed by atoms with van der Waals surface area (Å²) >= 11 is 0. The Balaban J connectivity index is 2.01. The highest BCUT2D eigenvalue weighted by molar-refractivity contribution is 5.58. The van der Waals surface area contributed by atoms with Crippen LogP contribution in [0.3, 0.4) is 0 Å². The fraction of sp³-hybridized carbons (Fsp3) is 0.316. The van der Waals surface area contributed by atoms with E-state index in [4.69, 9.17) is 0 Å². The van der Waals surface area contributed by atoms with E-state index in [1.165, 1.54) is 24.4 Å². The van der Waals surface area contributed by atoms with Gasteiger partial charge in [-0.3, -0.25) is 0 Å². The third kappa shape index (κ3) is 5.82. The van der Waals surface area contributed by atoms with Gasteiger partial charge in [0.15, 0.2) is 5.82 Å². The second kappa shape index (κ2) is 8.17. The van der Waals surface area contributed by atoms with E-state index >= 15 is 0 Å². The Bertz CT molecular complexity index is 1030. The number of anilines is 3. The van der Waals surface area contributed by atoms with E-state index < -0.39 is 17.8 Å². The lowest BCUT2D eigenvalue weighted by molar-refractivity contribution is -0.141. The summed E-state index contributed by atoms with van der Waals surface area (Å²) in [7, 11) is 0. The van der Waals surface area contributed by atoms with Crippen LogP contribution in [-0.2, 0) is 6.18 Å². The number of nitrogens with one attached hydrogen (secondary N) is 2. The minimum atomic E-state index is -4.61. The van der Waals surface area contributed by atoms with Crippen LogP contribution < -0.4 is 10.6 Å². The number of pyridine rings is 2. The van der Waals surface area contributed by atoms with Crippen molar-refractivity contribution < 1.29 is 17.6 Å². The van der Waals surface area contributed by atoms with Crippen molar-refractivity contribution in [1.29, 1.82) is 0 Å². The summed E-state index contributed by atoms with van der Waals surface area (Å²) in [5.41, 5.74) is -0.924. The molecule has 0 atom stereocenters. The maximum Gasteiger partial charge on any atom is 0.433 e. The first-order chi connectivity index (χ1) is 14.0.